The Morgan fingerprint density at radius 2 is 2.08 bits per heavy atom. The zero-order valence-electron chi connectivity index (χ0n) is 14.9. The fourth-order valence-electron chi connectivity index (χ4n) is 3.46. The topological polar surface area (TPSA) is 79.5 Å². The van der Waals surface area contributed by atoms with E-state index in [-0.39, 0.29) is 12.5 Å². The number of piperidine rings is 1. The molecule has 1 fully saturated rings. The van der Waals surface area contributed by atoms with Crippen LogP contribution in [0.3, 0.4) is 0 Å². The fraction of sp³-hybridized carbons (Fsp3) is 0.474. The number of amides is 1. The van der Waals surface area contributed by atoms with Crippen LogP contribution in [0.2, 0.25) is 0 Å². The van der Waals surface area contributed by atoms with E-state index in [0.29, 0.717) is 17.5 Å². The number of hydrogen-bond acceptors (Lipinski definition) is 5. The molecular weight excluding hydrogens is 332 g/mol. The van der Waals surface area contributed by atoms with Crippen molar-refractivity contribution in [1.82, 2.24) is 20.4 Å². The van der Waals surface area contributed by atoms with Gasteiger partial charge in [-0.25, -0.2) is 0 Å². The van der Waals surface area contributed by atoms with Crippen LogP contribution in [0.5, 0.6) is 11.5 Å². The summed E-state index contributed by atoms with van der Waals surface area (Å²) in [6, 6.07) is 7.89. The Labute approximate surface area is 152 Å². The SMILES string of the molecule is Cc1[nH]ncc1CNC1CCN(C(=O)[C@H]2COc3ccccc3O2)CC1. The first-order chi connectivity index (χ1) is 12.7. The number of ether oxygens (including phenoxy) is 2. The number of aromatic nitrogens is 2. The number of benzene rings is 1. The van der Waals surface area contributed by atoms with Gasteiger partial charge < -0.3 is 19.7 Å². The molecule has 0 spiro atoms. The van der Waals surface area contributed by atoms with Gasteiger partial charge in [-0.2, -0.15) is 5.10 Å². The third kappa shape index (κ3) is 3.53. The predicted octanol–water partition coefficient (Wildman–Crippen LogP) is 1.64. The summed E-state index contributed by atoms with van der Waals surface area (Å²) < 4.78 is 11.5. The lowest BCUT2D eigenvalue weighted by Crippen LogP contribution is -2.51. The lowest BCUT2D eigenvalue weighted by molar-refractivity contribution is -0.142. The molecule has 138 valence electrons. The van der Waals surface area contributed by atoms with Gasteiger partial charge in [0.2, 0.25) is 6.10 Å². The Morgan fingerprint density at radius 1 is 1.31 bits per heavy atom. The maximum Gasteiger partial charge on any atom is 0.267 e. The molecule has 1 saturated heterocycles. The standard InChI is InChI=1S/C19H24N4O3/c1-13-14(11-21-22-13)10-20-15-6-8-23(9-7-15)19(24)18-12-25-16-4-2-3-5-17(16)26-18/h2-5,11,15,18,20H,6-10,12H2,1H3,(H,21,22)/t18-/m1/s1. The summed E-state index contributed by atoms with van der Waals surface area (Å²) in [5.74, 6) is 1.36. The van der Waals surface area contributed by atoms with Crippen molar-refractivity contribution in [2.24, 2.45) is 0 Å². The zero-order chi connectivity index (χ0) is 17.9. The van der Waals surface area contributed by atoms with Crippen LogP contribution < -0.4 is 14.8 Å². The molecule has 0 saturated carbocycles. The molecule has 7 nitrogen and oxygen atoms in total. The maximum absolute atomic E-state index is 12.7. The number of H-pyrrole nitrogens is 1. The molecule has 26 heavy (non-hydrogen) atoms. The average molecular weight is 356 g/mol. The highest BCUT2D eigenvalue weighted by molar-refractivity contribution is 5.82. The summed E-state index contributed by atoms with van der Waals surface area (Å²) in [5.41, 5.74) is 2.29. The largest absolute Gasteiger partial charge is 0.485 e. The van der Waals surface area contributed by atoms with Gasteiger partial charge in [0.15, 0.2) is 11.5 Å². The molecule has 0 unspecified atom stereocenters. The van der Waals surface area contributed by atoms with Crippen molar-refractivity contribution < 1.29 is 14.3 Å². The Hall–Kier alpha value is -2.54. The van der Waals surface area contributed by atoms with E-state index in [1.807, 2.05) is 42.3 Å². The summed E-state index contributed by atoms with van der Waals surface area (Å²) in [6.07, 6.45) is 3.18. The van der Waals surface area contributed by atoms with Crippen LogP contribution in [0.4, 0.5) is 0 Å². The number of likely N-dealkylation sites (tertiary alicyclic amines) is 1. The first-order valence-corrected chi connectivity index (χ1v) is 9.10. The van der Waals surface area contributed by atoms with Crippen molar-refractivity contribution in [2.45, 2.75) is 38.5 Å². The minimum absolute atomic E-state index is 0.0173. The number of para-hydroxylation sites is 2. The number of fused-ring (bicyclic) bond motifs is 1. The summed E-state index contributed by atoms with van der Waals surface area (Å²) >= 11 is 0. The molecule has 3 heterocycles. The molecule has 4 rings (SSSR count). The van der Waals surface area contributed by atoms with Crippen LogP contribution in [0.1, 0.15) is 24.1 Å². The molecule has 0 bridgehead atoms. The summed E-state index contributed by atoms with van der Waals surface area (Å²) in [4.78, 5) is 14.6. The van der Waals surface area contributed by atoms with Crippen molar-refractivity contribution in [3.63, 3.8) is 0 Å². The highest BCUT2D eigenvalue weighted by Gasteiger charge is 2.32. The monoisotopic (exact) mass is 356 g/mol. The van der Waals surface area contributed by atoms with Gasteiger partial charge in [-0.15, -0.1) is 0 Å². The normalized spacial score (nSPS) is 20.2. The number of nitrogens with zero attached hydrogens (tertiary/aromatic N) is 2. The predicted molar refractivity (Wildman–Crippen MR) is 96.1 cm³/mol. The van der Waals surface area contributed by atoms with Crippen molar-refractivity contribution in [2.75, 3.05) is 19.7 Å². The molecule has 2 N–H and O–H groups in total. The van der Waals surface area contributed by atoms with E-state index >= 15 is 0 Å². The molecule has 2 aliphatic rings. The molecule has 1 amide bonds. The quantitative estimate of drug-likeness (QED) is 0.871. The molecule has 1 aromatic heterocycles. The van der Waals surface area contributed by atoms with Gasteiger partial charge in [0.25, 0.3) is 5.91 Å². The van der Waals surface area contributed by atoms with Crippen LogP contribution >= 0.6 is 0 Å². The second kappa shape index (κ2) is 7.37. The van der Waals surface area contributed by atoms with Crippen molar-refractivity contribution in [1.29, 1.82) is 0 Å². The molecule has 0 radical (unpaired) electrons. The van der Waals surface area contributed by atoms with Gasteiger partial charge in [-0.05, 0) is 31.9 Å². The van der Waals surface area contributed by atoms with Gasteiger partial charge >= 0.3 is 0 Å². The zero-order valence-corrected chi connectivity index (χ0v) is 14.9. The van der Waals surface area contributed by atoms with Crippen LogP contribution in [-0.2, 0) is 11.3 Å². The highest BCUT2D eigenvalue weighted by atomic mass is 16.6. The van der Waals surface area contributed by atoms with E-state index in [1.165, 1.54) is 5.56 Å². The van der Waals surface area contributed by atoms with E-state index < -0.39 is 6.10 Å². The van der Waals surface area contributed by atoms with Crippen LogP contribution in [-0.4, -0.2) is 52.8 Å². The Morgan fingerprint density at radius 3 is 2.81 bits per heavy atom. The average Bonchev–Trinajstić information content (AvgIpc) is 3.10. The smallest absolute Gasteiger partial charge is 0.267 e. The van der Waals surface area contributed by atoms with E-state index in [1.54, 1.807) is 0 Å². The number of aromatic amines is 1. The Bertz CT molecular complexity index is 768. The third-order valence-corrected chi connectivity index (χ3v) is 5.11. The van der Waals surface area contributed by atoms with E-state index in [9.17, 15) is 4.79 Å². The van der Waals surface area contributed by atoms with Crippen molar-refractivity contribution in [3.05, 3.63) is 41.7 Å². The minimum atomic E-state index is -0.553. The molecule has 7 heteroatoms. The number of hydrogen-bond donors (Lipinski definition) is 2. The third-order valence-electron chi connectivity index (χ3n) is 5.11. The van der Waals surface area contributed by atoms with Crippen molar-refractivity contribution in [3.8, 4) is 11.5 Å². The molecule has 0 aliphatic carbocycles. The van der Waals surface area contributed by atoms with Crippen molar-refractivity contribution >= 4 is 5.91 Å². The van der Waals surface area contributed by atoms with Gasteiger partial charge in [0.1, 0.15) is 6.61 Å². The number of nitrogens with one attached hydrogen (secondary N) is 2. The number of rotatable bonds is 4. The first-order valence-electron chi connectivity index (χ1n) is 9.10. The summed E-state index contributed by atoms with van der Waals surface area (Å²) in [6.45, 7) is 4.57. The van der Waals surface area contributed by atoms with E-state index in [0.717, 1.165) is 38.2 Å². The number of carbonyl (C=O) groups excluding carboxylic acids is 1. The molecular formula is C19H24N4O3. The van der Waals surface area contributed by atoms with Crippen LogP contribution in [0.15, 0.2) is 30.5 Å². The van der Waals surface area contributed by atoms with Gasteiger partial charge in [0.05, 0.1) is 6.20 Å². The van der Waals surface area contributed by atoms with Gasteiger partial charge in [0, 0.05) is 36.9 Å². The van der Waals surface area contributed by atoms with Crippen LogP contribution in [0, 0.1) is 6.92 Å². The van der Waals surface area contributed by atoms with Gasteiger partial charge in [-0.1, -0.05) is 12.1 Å². The molecule has 1 aromatic carbocycles. The lowest BCUT2D eigenvalue weighted by Gasteiger charge is -2.35. The highest BCUT2D eigenvalue weighted by Crippen LogP contribution is 2.31. The number of carbonyl (C=O) groups is 1. The Kier molecular flexibility index (Phi) is 4.79. The molecule has 1 atom stereocenters. The minimum Gasteiger partial charge on any atom is -0.485 e. The fourth-order valence-corrected chi connectivity index (χ4v) is 3.46. The summed E-state index contributed by atoms with van der Waals surface area (Å²) in [7, 11) is 0. The van der Waals surface area contributed by atoms with E-state index in [4.69, 9.17) is 9.47 Å². The Balaban J connectivity index is 1.27. The maximum atomic E-state index is 12.7. The first kappa shape index (κ1) is 16.9. The van der Waals surface area contributed by atoms with Gasteiger partial charge in [-0.3, -0.25) is 9.89 Å². The number of aryl methyl sites for hydroxylation is 1. The second-order valence-corrected chi connectivity index (χ2v) is 6.86. The van der Waals surface area contributed by atoms with E-state index in [2.05, 4.69) is 15.5 Å². The molecule has 2 aliphatic heterocycles. The summed E-state index contributed by atoms with van der Waals surface area (Å²) in [5, 5.41) is 10.6. The van der Waals surface area contributed by atoms with Crippen LogP contribution in [0.25, 0.3) is 0 Å². The molecule has 2 aromatic rings. The lowest BCUT2D eigenvalue weighted by atomic mass is 10.0. The second-order valence-electron chi connectivity index (χ2n) is 6.86.